The highest BCUT2D eigenvalue weighted by Crippen LogP contribution is 2.48. The fourth-order valence-electron chi connectivity index (χ4n) is 1.26. The van der Waals surface area contributed by atoms with Gasteiger partial charge in [0.15, 0.2) is 0 Å². The molecule has 0 saturated heterocycles. The van der Waals surface area contributed by atoms with Crippen molar-refractivity contribution in [2.75, 3.05) is 0 Å². The Bertz CT molecular complexity index is 325. The van der Waals surface area contributed by atoms with E-state index in [1.807, 2.05) is 0 Å². The molecule has 1 aromatic heterocycles. The zero-order chi connectivity index (χ0) is 8.77. The first kappa shape index (κ1) is 7.34. The van der Waals surface area contributed by atoms with E-state index in [1.54, 1.807) is 0 Å². The molecule has 1 heterocycles. The summed E-state index contributed by atoms with van der Waals surface area (Å²) < 4.78 is 17.0. The van der Waals surface area contributed by atoms with Crippen LogP contribution in [0.1, 0.15) is 18.6 Å². The van der Waals surface area contributed by atoms with Gasteiger partial charge < -0.3 is 9.52 Å². The number of furan rings is 1. The molecule has 0 atom stereocenters. The Morgan fingerprint density at radius 3 is 2.58 bits per heavy atom. The molecule has 1 aliphatic carbocycles. The van der Waals surface area contributed by atoms with Crippen LogP contribution in [0.5, 0.6) is 0 Å². The molecule has 1 fully saturated rings. The van der Waals surface area contributed by atoms with E-state index in [0.29, 0.717) is 12.8 Å². The fraction of sp³-hybridized carbons (Fsp3) is 0.375. The van der Waals surface area contributed by atoms with E-state index in [4.69, 9.17) is 5.11 Å². The van der Waals surface area contributed by atoms with Crippen LogP contribution in [0.3, 0.4) is 0 Å². The van der Waals surface area contributed by atoms with Gasteiger partial charge in [-0.25, -0.2) is 0 Å². The second kappa shape index (κ2) is 2.09. The van der Waals surface area contributed by atoms with Crippen molar-refractivity contribution < 1.29 is 18.7 Å². The van der Waals surface area contributed by atoms with Gasteiger partial charge in [0, 0.05) is 6.07 Å². The third kappa shape index (κ3) is 0.841. The first-order chi connectivity index (χ1) is 5.65. The number of hydrogen-bond donors (Lipinski definition) is 1. The summed E-state index contributed by atoms with van der Waals surface area (Å²) in [5.41, 5.74) is -0.926. The lowest BCUT2D eigenvalue weighted by Crippen LogP contribution is -2.18. The smallest absolute Gasteiger partial charge is 0.317 e. The molecule has 0 bridgehead atoms. The van der Waals surface area contributed by atoms with E-state index in [9.17, 15) is 9.18 Å². The monoisotopic (exact) mass is 170 g/mol. The number of rotatable bonds is 2. The summed E-state index contributed by atoms with van der Waals surface area (Å²) in [6, 6.07) is 1.80. The molecule has 1 aliphatic rings. The van der Waals surface area contributed by atoms with Crippen LogP contribution in [0.15, 0.2) is 16.5 Å². The van der Waals surface area contributed by atoms with Gasteiger partial charge >= 0.3 is 5.97 Å². The molecule has 1 N–H and O–H groups in total. The van der Waals surface area contributed by atoms with Crippen LogP contribution in [-0.2, 0) is 10.2 Å². The van der Waals surface area contributed by atoms with E-state index in [-0.39, 0.29) is 5.76 Å². The standard InChI is InChI=1S/C8H7FO3/c9-6-2-1-5(12-6)8(3-4-8)7(10)11/h1-2H,3-4H2,(H,10,11). The van der Waals surface area contributed by atoms with Gasteiger partial charge in [-0.05, 0) is 18.9 Å². The molecule has 0 amide bonds. The van der Waals surface area contributed by atoms with Crippen molar-refractivity contribution in [3.63, 3.8) is 0 Å². The lowest BCUT2D eigenvalue weighted by molar-refractivity contribution is -0.140. The molecule has 2 rings (SSSR count). The Morgan fingerprint density at radius 2 is 2.25 bits per heavy atom. The third-order valence-electron chi connectivity index (χ3n) is 2.20. The van der Waals surface area contributed by atoms with Gasteiger partial charge in [0.25, 0.3) is 6.01 Å². The normalized spacial score (nSPS) is 19.1. The predicted molar refractivity (Wildman–Crippen MR) is 37.2 cm³/mol. The summed E-state index contributed by atoms with van der Waals surface area (Å²) in [4.78, 5) is 10.7. The zero-order valence-corrected chi connectivity index (χ0v) is 6.21. The van der Waals surface area contributed by atoms with Gasteiger partial charge in [-0.2, -0.15) is 4.39 Å². The molecular formula is C8H7FO3. The van der Waals surface area contributed by atoms with Gasteiger partial charge in [0.05, 0.1) is 0 Å². The Balaban J connectivity index is 2.36. The van der Waals surface area contributed by atoms with E-state index in [0.717, 1.165) is 6.07 Å². The van der Waals surface area contributed by atoms with E-state index in [1.165, 1.54) is 6.07 Å². The second-order valence-corrected chi connectivity index (χ2v) is 2.99. The summed E-state index contributed by atoms with van der Waals surface area (Å²) in [5, 5.41) is 8.78. The number of aliphatic carboxylic acids is 1. The SMILES string of the molecule is O=C(O)C1(c2ccc(F)o2)CC1. The van der Waals surface area contributed by atoms with Crippen molar-refractivity contribution in [1.29, 1.82) is 0 Å². The molecule has 3 nitrogen and oxygen atoms in total. The second-order valence-electron chi connectivity index (χ2n) is 2.99. The van der Waals surface area contributed by atoms with Crippen molar-refractivity contribution in [3.05, 3.63) is 23.9 Å². The summed E-state index contributed by atoms with van der Waals surface area (Å²) in [6.45, 7) is 0. The van der Waals surface area contributed by atoms with Crippen LogP contribution >= 0.6 is 0 Å². The number of carboxylic acids is 1. The minimum absolute atomic E-state index is 0.229. The van der Waals surface area contributed by atoms with Crippen LogP contribution in [0, 0.1) is 6.01 Å². The number of carbonyl (C=O) groups is 1. The molecule has 0 aliphatic heterocycles. The highest BCUT2D eigenvalue weighted by atomic mass is 19.1. The molecule has 0 spiro atoms. The van der Waals surface area contributed by atoms with E-state index < -0.39 is 17.4 Å². The third-order valence-corrected chi connectivity index (χ3v) is 2.20. The van der Waals surface area contributed by atoms with Crippen molar-refractivity contribution in [2.45, 2.75) is 18.3 Å². The van der Waals surface area contributed by atoms with Crippen LogP contribution in [0.25, 0.3) is 0 Å². The van der Waals surface area contributed by atoms with Crippen molar-refractivity contribution in [1.82, 2.24) is 0 Å². The Labute approximate surface area is 67.8 Å². The molecule has 64 valence electrons. The Kier molecular flexibility index (Phi) is 1.28. The first-order valence-corrected chi connectivity index (χ1v) is 3.64. The van der Waals surface area contributed by atoms with Crippen LogP contribution < -0.4 is 0 Å². The van der Waals surface area contributed by atoms with Crippen LogP contribution in [0.2, 0.25) is 0 Å². The van der Waals surface area contributed by atoms with Crippen molar-refractivity contribution in [3.8, 4) is 0 Å². The summed E-state index contributed by atoms with van der Waals surface area (Å²) >= 11 is 0. The van der Waals surface area contributed by atoms with Gasteiger partial charge in [-0.15, -0.1) is 0 Å². The van der Waals surface area contributed by atoms with E-state index in [2.05, 4.69) is 4.42 Å². The zero-order valence-electron chi connectivity index (χ0n) is 6.21. The number of hydrogen-bond acceptors (Lipinski definition) is 2. The minimum Gasteiger partial charge on any atom is -0.480 e. The van der Waals surface area contributed by atoms with Gasteiger partial charge in [0.1, 0.15) is 11.2 Å². The maximum absolute atomic E-state index is 12.4. The predicted octanol–water partition coefficient (Wildman–Crippen LogP) is 1.53. The van der Waals surface area contributed by atoms with E-state index >= 15 is 0 Å². The Hall–Kier alpha value is -1.32. The Morgan fingerprint density at radius 1 is 1.58 bits per heavy atom. The topological polar surface area (TPSA) is 50.4 Å². The molecule has 0 aromatic carbocycles. The van der Waals surface area contributed by atoms with Gasteiger partial charge in [0.2, 0.25) is 0 Å². The molecule has 1 aromatic rings. The van der Waals surface area contributed by atoms with Gasteiger partial charge in [-0.3, -0.25) is 4.79 Å². The molecule has 0 radical (unpaired) electrons. The maximum Gasteiger partial charge on any atom is 0.317 e. The lowest BCUT2D eigenvalue weighted by atomic mass is 10.1. The lowest BCUT2D eigenvalue weighted by Gasteiger charge is -2.03. The fourth-order valence-corrected chi connectivity index (χ4v) is 1.26. The minimum atomic E-state index is -0.933. The summed E-state index contributed by atoms with van der Waals surface area (Å²) in [5.74, 6) is -0.704. The average molecular weight is 170 g/mol. The quantitative estimate of drug-likeness (QED) is 0.732. The summed E-state index contributed by atoms with van der Waals surface area (Å²) in [6.07, 6.45) is 1.07. The molecule has 12 heavy (non-hydrogen) atoms. The highest BCUT2D eigenvalue weighted by molar-refractivity contribution is 5.83. The molecule has 1 saturated carbocycles. The van der Waals surface area contributed by atoms with Crippen LogP contribution in [0.4, 0.5) is 4.39 Å². The molecule has 0 unspecified atom stereocenters. The summed E-state index contributed by atoms with van der Waals surface area (Å²) in [7, 11) is 0. The maximum atomic E-state index is 12.4. The molecular weight excluding hydrogens is 163 g/mol. The number of carboxylic acid groups (broad SMARTS) is 1. The number of halogens is 1. The largest absolute Gasteiger partial charge is 0.480 e. The van der Waals surface area contributed by atoms with Crippen molar-refractivity contribution >= 4 is 5.97 Å². The van der Waals surface area contributed by atoms with Crippen molar-refractivity contribution in [2.24, 2.45) is 0 Å². The molecule has 4 heteroatoms. The average Bonchev–Trinajstić information content (AvgIpc) is 2.71. The van der Waals surface area contributed by atoms with Crippen LogP contribution in [-0.4, -0.2) is 11.1 Å². The first-order valence-electron chi connectivity index (χ1n) is 3.64. The van der Waals surface area contributed by atoms with Gasteiger partial charge in [-0.1, -0.05) is 0 Å². The highest BCUT2D eigenvalue weighted by Gasteiger charge is 2.54.